The van der Waals surface area contributed by atoms with Crippen molar-refractivity contribution >= 4 is 17.2 Å². The molecule has 0 bridgehead atoms. The molecule has 1 unspecified atom stereocenters. The van der Waals surface area contributed by atoms with Crippen LogP contribution in [-0.4, -0.2) is 10.9 Å². The molecular weight excluding hydrogens is 234 g/mol. The van der Waals surface area contributed by atoms with E-state index in [0.29, 0.717) is 6.54 Å². The van der Waals surface area contributed by atoms with Crippen LogP contribution in [0.15, 0.2) is 41.9 Å². The molecule has 1 atom stereocenters. The molecule has 0 spiro atoms. The molecule has 0 saturated carbocycles. The Labute approximate surface area is 103 Å². The van der Waals surface area contributed by atoms with Crippen molar-refractivity contribution in [3.8, 4) is 0 Å². The molecule has 5 heteroatoms. The first kappa shape index (κ1) is 11.8. The second-order valence-corrected chi connectivity index (χ2v) is 4.51. The Morgan fingerprint density at radius 2 is 2.29 bits per heavy atom. The average molecular weight is 247 g/mol. The van der Waals surface area contributed by atoms with Crippen LogP contribution in [-0.2, 0) is 11.3 Å². The SMILES string of the molecule is NC(C(=O)NCc1ccccn1)c1cccs1. The van der Waals surface area contributed by atoms with Crippen molar-refractivity contribution in [3.63, 3.8) is 0 Å². The van der Waals surface area contributed by atoms with E-state index in [-0.39, 0.29) is 5.91 Å². The van der Waals surface area contributed by atoms with Gasteiger partial charge in [-0.3, -0.25) is 9.78 Å². The highest BCUT2D eigenvalue weighted by molar-refractivity contribution is 7.10. The number of nitrogens with one attached hydrogen (secondary N) is 1. The highest BCUT2D eigenvalue weighted by Crippen LogP contribution is 2.16. The van der Waals surface area contributed by atoms with Crippen molar-refractivity contribution in [3.05, 3.63) is 52.5 Å². The van der Waals surface area contributed by atoms with Crippen LogP contribution in [0.1, 0.15) is 16.6 Å². The van der Waals surface area contributed by atoms with Crippen molar-refractivity contribution < 1.29 is 4.79 Å². The number of hydrogen-bond donors (Lipinski definition) is 2. The van der Waals surface area contributed by atoms with Gasteiger partial charge in [-0.05, 0) is 23.6 Å². The molecule has 2 heterocycles. The third-order valence-corrected chi connectivity index (χ3v) is 3.26. The first-order valence-corrected chi connectivity index (χ1v) is 6.12. The molecule has 0 aliphatic heterocycles. The number of carbonyl (C=O) groups is 1. The number of aromatic nitrogens is 1. The molecule has 2 rings (SSSR count). The zero-order valence-electron chi connectivity index (χ0n) is 9.17. The molecular formula is C12H13N3OS. The standard InChI is InChI=1S/C12H13N3OS/c13-11(10-5-3-7-17-10)12(16)15-8-9-4-1-2-6-14-9/h1-7,11H,8,13H2,(H,15,16). The monoisotopic (exact) mass is 247 g/mol. The minimum Gasteiger partial charge on any atom is -0.349 e. The van der Waals surface area contributed by atoms with Gasteiger partial charge in [0.1, 0.15) is 6.04 Å². The van der Waals surface area contributed by atoms with Crippen LogP contribution in [0, 0.1) is 0 Å². The van der Waals surface area contributed by atoms with Crippen molar-refractivity contribution in [2.75, 3.05) is 0 Å². The topological polar surface area (TPSA) is 68.0 Å². The van der Waals surface area contributed by atoms with Crippen LogP contribution < -0.4 is 11.1 Å². The van der Waals surface area contributed by atoms with E-state index in [1.165, 1.54) is 11.3 Å². The third kappa shape index (κ3) is 3.12. The van der Waals surface area contributed by atoms with E-state index in [4.69, 9.17) is 5.73 Å². The summed E-state index contributed by atoms with van der Waals surface area (Å²) in [6, 6.07) is 8.72. The molecule has 3 N–H and O–H groups in total. The number of nitrogens with two attached hydrogens (primary N) is 1. The lowest BCUT2D eigenvalue weighted by atomic mass is 10.2. The Kier molecular flexibility index (Phi) is 3.85. The van der Waals surface area contributed by atoms with E-state index in [1.54, 1.807) is 6.20 Å². The fourth-order valence-electron chi connectivity index (χ4n) is 1.39. The van der Waals surface area contributed by atoms with Crippen LogP contribution >= 0.6 is 11.3 Å². The summed E-state index contributed by atoms with van der Waals surface area (Å²) in [5, 5.41) is 4.67. The van der Waals surface area contributed by atoms with Gasteiger partial charge in [0.25, 0.3) is 0 Å². The van der Waals surface area contributed by atoms with Gasteiger partial charge in [-0.25, -0.2) is 0 Å². The van der Waals surface area contributed by atoms with Gasteiger partial charge in [-0.1, -0.05) is 12.1 Å². The zero-order chi connectivity index (χ0) is 12.1. The number of thiophene rings is 1. The second kappa shape index (κ2) is 5.56. The molecule has 0 radical (unpaired) electrons. The summed E-state index contributed by atoms with van der Waals surface area (Å²) >= 11 is 1.48. The molecule has 0 aromatic carbocycles. The van der Waals surface area contributed by atoms with E-state index < -0.39 is 6.04 Å². The Hall–Kier alpha value is -1.72. The lowest BCUT2D eigenvalue weighted by Crippen LogP contribution is -2.33. The van der Waals surface area contributed by atoms with Gasteiger partial charge in [0.15, 0.2) is 0 Å². The maximum Gasteiger partial charge on any atom is 0.242 e. The average Bonchev–Trinajstić information content (AvgIpc) is 2.90. The molecule has 0 aliphatic carbocycles. The molecule has 4 nitrogen and oxygen atoms in total. The summed E-state index contributed by atoms with van der Waals surface area (Å²) in [4.78, 5) is 16.7. The molecule has 2 aromatic heterocycles. The smallest absolute Gasteiger partial charge is 0.242 e. The molecule has 0 fully saturated rings. The van der Waals surface area contributed by atoms with Gasteiger partial charge in [0.05, 0.1) is 12.2 Å². The minimum absolute atomic E-state index is 0.182. The molecule has 88 valence electrons. The van der Waals surface area contributed by atoms with Crippen LogP contribution in [0.4, 0.5) is 0 Å². The van der Waals surface area contributed by atoms with Crippen LogP contribution in [0.25, 0.3) is 0 Å². The van der Waals surface area contributed by atoms with Crippen LogP contribution in [0.5, 0.6) is 0 Å². The number of pyridine rings is 1. The predicted octanol–water partition coefficient (Wildman–Crippen LogP) is 1.46. The van der Waals surface area contributed by atoms with E-state index in [0.717, 1.165) is 10.6 Å². The Bertz CT molecular complexity index is 470. The first-order valence-electron chi connectivity index (χ1n) is 5.24. The molecule has 0 aliphatic rings. The van der Waals surface area contributed by atoms with E-state index in [1.807, 2.05) is 35.7 Å². The number of rotatable bonds is 4. The van der Waals surface area contributed by atoms with Crippen molar-refractivity contribution in [1.82, 2.24) is 10.3 Å². The van der Waals surface area contributed by atoms with Crippen molar-refractivity contribution in [2.45, 2.75) is 12.6 Å². The summed E-state index contributed by atoms with van der Waals surface area (Å²) < 4.78 is 0. The number of nitrogens with zero attached hydrogens (tertiary/aromatic N) is 1. The lowest BCUT2D eigenvalue weighted by Gasteiger charge is -2.10. The third-order valence-electron chi connectivity index (χ3n) is 2.30. The molecule has 17 heavy (non-hydrogen) atoms. The predicted molar refractivity (Wildman–Crippen MR) is 67.3 cm³/mol. The molecule has 2 aromatic rings. The maximum absolute atomic E-state index is 11.8. The first-order chi connectivity index (χ1) is 8.27. The molecule has 1 amide bonds. The Morgan fingerprint density at radius 3 is 2.94 bits per heavy atom. The van der Waals surface area contributed by atoms with Gasteiger partial charge in [0.2, 0.25) is 5.91 Å². The van der Waals surface area contributed by atoms with Crippen molar-refractivity contribution in [2.24, 2.45) is 5.73 Å². The highest BCUT2D eigenvalue weighted by Gasteiger charge is 2.15. The lowest BCUT2D eigenvalue weighted by molar-refractivity contribution is -0.122. The van der Waals surface area contributed by atoms with Gasteiger partial charge in [-0.15, -0.1) is 11.3 Å². The Morgan fingerprint density at radius 1 is 1.41 bits per heavy atom. The van der Waals surface area contributed by atoms with Gasteiger partial charge in [-0.2, -0.15) is 0 Å². The highest BCUT2D eigenvalue weighted by atomic mass is 32.1. The van der Waals surface area contributed by atoms with Crippen molar-refractivity contribution in [1.29, 1.82) is 0 Å². The number of amides is 1. The maximum atomic E-state index is 11.8. The fourth-order valence-corrected chi connectivity index (χ4v) is 2.11. The van der Waals surface area contributed by atoms with Gasteiger partial charge >= 0.3 is 0 Å². The van der Waals surface area contributed by atoms with E-state index in [2.05, 4.69) is 10.3 Å². The zero-order valence-corrected chi connectivity index (χ0v) is 9.98. The summed E-state index contributed by atoms with van der Waals surface area (Å²) in [6.07, 6.45) is 1.70. The van der Waals surface area contributed by atoms with E-state index in [9.17, 15) is 4.79 Å². The van der Waals surface area contributed by atoms with Crippen LogP contribution in [0.2, 0.25) is 0 Å². The Balaban J connectivity index is 1.90. The largest absolute Gasteiger partial charge is 0.349 e. The summed E-state index contributed by atoms with van der Waals surface area (Å²) in [5.74, 6) is -0.182. The normalized spacial score (nSPS) is 12.1. The van der Waals surface area contributed by atoms with Gasteiger partial charge in [0, 0.05) is 11.1 Å². The van der Waals surface area contributed by atoms with Crippen LogP contribution in [0.3, 0.4) is 0 Å². The number of hydrogen-bond acceptors (Lipinski definition) is 4. The summed E-state index contributed by atoms with van der Waals surface area (Å²) in [5.41, 5.74) is 6.64. The summed E-state index contributed by atoms with van der Waals surface area (Å²) in [6.45, 7) is 0.402. The second-order valence-electron chi connectivity index (χ2n) is 3.53. The fraction of sp³-hybridized carbons (Fsp3) is 0.167. The van der Waals surface area contributed by atoms with E-state index >= 15 is 0 Å². The number of carbonyl (C=O) groups excluding carboxylic acids is 1. The minimum atomic E-state index is -0.598. The van der Waals surface area contributed by atoms with Gasteiger partial charge < -0.3 is 11.1 Å². The molecule has 0 saturated heterocycles. The quantitative estimate of drug-likeness (QED) is 0.859. The summed E-state index contributed by atoms with van der Waals surface area (Å²) in [7, 11) is 0.